The lowest BCUT2D eigenvalue weighted by atomic mass is 10.0. The van der Waals surface area contributed by atoms with Gasteiger partial charge in [0.05, 0.1) is 0 Å². The molecule has 8 heteroatoms. The Kier molecular flexibility index (Phi) is 5.66. The first kappa shape index (κ1) is 21.2. The van der Waals surface area contributed by atoms with Gasteiger partial charge in [-0.25, -0.2) is 0 Å². The van der Waals surface area contributed by atoms with Gasteiger partial charge in [-0.05, 0) is 56.0 Å². The average Bonchev–Trinajstić information content (AvgIpc) is 2.90. The largest absolute Gasteiger partial charge is 0.354 e. The fourth-order valence-corrected chi connectivity index (χ4v) is 5.55. The quantitative estimate of drug-likeness (QED) is 0.720. The Hall–Kier alpha value is -3.00. The number of hydrogen-bond acceptors (Lipinski definition) is 5. The topological polar surface area (TPSA) is 82.9 Å². The van der Waals surface area contributed by atoms with Crippen molar-refractivity contribution in [3.05, 3.63) is 70.6 Å². The first-order valence-electron chi connectivity index (χ1n) is 10.4. The molecule has 2 aromatic rings. The number of carbonyl (C=O) groups excluding carboxylic acids is 1. The Labute approximate surface area is 183 Å². The minimum atomic E-state index is -3.76. The Morgan fingerprint density at radius 3 is 2.39 bits per heavy atom. The lowest BCUT2D eigenvalue weighted by molar-refractivity contribution is 0.0764. The summed E-state index contributed by atoms with van der Waals surface area (Å²) in [4.78, 5) is 20.8. The van der Waals surface area contributed by atoms with Crippen LogP contribution in [0.25, 0.3) is 4.91 Å². The van der Waals surface area contributed by atoms with Crippen molar-refractivity contribution in [2.24, 2.45) is 4.40 Å². The third-order valence-corrected chi connectivity index (χ3v) is 7.39. The van der Waals surface area contributed by atoms with E-state index in [2.05, 4.69) is 9.38 Å². The van der Waals surface area contributed by atoms with Crippen LogP contribution in [0.5, 0.6) is 0 Å². The predicted molar refractivity (Wildman–Crippen MR) is 121 cm³/mol. The zero-order valence-electron chi connectivity index (χ0n) is 18.0. The van der Waals surface area contributed by atoms with Crippen molar-refractivity contribution in [2.75, 3.05) is 26.2 Å². The highest BCUT2D eigenvalue weighted by Gasteiger charge is 2.34. The highest BCUT2D eigenvalue weighted by molar-refractivity contribution is 8.00. The predicted octanol–water partition coefficient (Wildman–Crippen LogP) is 3.02. The van der Waals surface area contributed by atoms with E-state index in [9.17, 15) is 13.2 Å². The van der Waals surface area contributed by atoms with Crippen molar-refractivity contribution < 1.29 is 13.2 Å². The molecule has 0 spiro atoms. The number of aryl methyl sites for hydroxylation is 2. The molecule has 7 nitrogen and oxygen atoms in total. The van der Waals surface area contributed by atoms with Gasteiger partial charge in [0.1, 0.15) is 10.7 Å². The second-order valence-electron chi connectivity index (χ2n) is 8.01. The van der Waals surface area contributed by atoms with E-state index in [4.69, 9.17) is 0 Å². The van der Waals surface area contributed by atoms with Gasteiger partial charge in [0.2, 0.25) is 0 Å². The number of sulfonamides is 1. The van der Waals surface area contributed by atoms with Crippen LogP contribution in [0.15, 0.2) is 52.7 Å². The number of benzene rings is 1. The van der Waals surface area contributed by atoms with Crippen LogP contribution in [0, 0.1) is 13.8 Å². The van der Waals surface area contributed by atoms with Crippen molar-refractivity contribution in [1.29, 1.82) is 0 Å². The summed E-state index contributed by atoms with van der Waals surface area (Å²) >= 11 is 0. The van der Waals surface area contributed by atoms with Crippen molar-refractivity contribution in [2.45, 2.75) is 27.2 Å². The molecule has 1 amide bonds. The van der Waals surface area contributed by atoms with Crippen LogP contribution in [0.1, 0.15) is 40.4 Å². The van der Waals surface area contributed by atoms with Gasteiger partial charge in [-0.3, -0.25) is 9.78 Å². The van der Waals surface area contributed by atoms with Gasteiger partial charge in [-0.15, -0.1) is 4.40 Å². The number of rotatable bonds is 2. The maximum absolute atomic E-state index is 12.9. The second kappa shape index (κ2) is 8.26. The van der Waals surface area contributed by atoms with Crippen LogP contribution in [0.4, 0.5) is 0 Å². The smallest absolute Gasteiger partial charge is 0.285 e. The summed E-state index contributed by atoms with van der Waals surface area (Å²) in [6.45, 7) is 8.09. The van der Waals surface area contributed by atoms with Gasteiger partial charge < -0.3 is 9.80 Å². The molecule has 1 fully saturated rings. The summed E-state index contributed by atoms with van der Waals surface area (Å²) in [6, 6.07) is 9.10. The maximum atomic E-state index is 12.9. The van der Waals surface area contributed by atoms with Crippen LogP contribution in [0.2, 0.25) is 0 Å². The molecule has 0 radical (unpaired) electrons. The van der Waals surface area contributed by atoms with Crippen LogP contribution < -0.4 is 0 Å². The number of amidine groups is 1. The van der Waals surface area contributed by atoms with E-state index in [0.717, 1.165) is 17.5 Å². The van der Waals surface area contributed by atoms with E-state index < -0.39 is 10.0 Å². The highest BCUT2D eigenvalue weighted by Crippen LogP contribution is 2.34. The third-order valence-electron chi connectivity index (χ3n) is 5.92. The molecule has 3 heterocycles. The van der Waals surface area contributed by atoms with Crippen molar-refractivity contribution in [3.8, 4) is 0 Å². The molecule has 0 N–H and O–H groups in total. The monoisotopic (exact) mass is 438 g/mol. The van der Waals surface area contributed by atoms with Crippen molar-refractivity contribution in [3.63, 3.8) is 0 Å². The Bertz CT molecular complexity index is 1190. The number of aromatic nitrogens is 1. The lowest BCUT2D eigenvalue weighted by Gasteiger charge is -2.23. The Balaban J connectivity index is 1.57. The van der Waals surface area contributed by atoms with Gasteiger partial charge in [0, 0.05) is 49.7 Å². The van der Waals surface area contributed by atoms with Crippen molar-refractivity contribution in [1.82, 2.24) is 14.8 Å². The fourth-order valence-electron chi connectivity index (χ4n) is 4.08. The normalized spacial score (nSPS) is 18.7. The summed E-state index contributed by atoms with van der Waals surface area (Å²) in [5.74, 6) is 0.458. The molecule has 0 unspecified atom stereocenters. The Morgan fingerprint density at radius 1 is 0.935 bits per heavy atom. The van der Waals surface area contributed by atoms with E-state index in [-0.39, 0.29) is 10.8 Å². The third kappa shape index (κ3) is 4.12. The zero-order chi connectivity index (χ0) is 22.2. The van der Waals surface area contributed by atoms with Crippen LogP contribution >= 0.6 is 0 Å². The summed E-state index contributed by atoms with van der Waals surface area (Å²) in [6.07, 6.45) is 3.96. The van der Waals surface area contributed by atoms with E-state index in [1.807, 2.05) is 48.8 Å². The summed E-state index contributed by atoms with van der Waals surface area (Å²) < 4.78 is 30.0. The van der Waals surface area contributed by atoms with Crippen LogP contribution in [0.3, 0.4) is 0 Å². The summed E-state index contributed by atoms with van der Waals surface area (Å²) in [5, 5.41) is 0. The van der Waals surface area contributed by atoms with E-state index in [1.54, 1.807) is 24.5 Å². The van der Waals surface area contributed by atoms with Gasteiger partial charge >= 0.3 is 0 Å². The molecule has 4 rings (SSSR count). The van der Waals surface area contributed by atoms with E-state index in [0.29, 0.717) is 48.7 Å². The molecule has 1 saturated heterocycles. The number of pyridine rings is 1. The number of amides is 1. The molecular formula is C23H26N4O3S. The molecule has 2 aliphatic rings. The molecule has 0 aliphatic carbocycles. The van der Waals surface area contributed by atoms with Crippen LogP contribution in [-0.4, -0.2) is 61.1 Å². The van der Waals surface area contributed by atoms with E-state index >= 15 is 0 Å². The SMILES string of the molecule is CC1=C(c2ccc(C)c(C)c2)S(=O)(=O)N=C1N1CCCN(C(=O)c2ccncc2)CC1. The molecule has 1 aromatic heterocycles. The molecule has 0 atom stereocenters. The van der Waals surface area contributed by atoms with Gasteiger partial charge in [0.15, 0.2) is 0 Å². The van der Waals surface area contributed by atoms with E-state index in [1.165, 1.54) is 0 Å². The molecular weight excluding hydrogens is 412 g/mol. The zero-order valence-corrected chi connectivity index (χ0v) is 18.8. The molecule has 0 saturated carbocycles. The number of nitrogens with zero attached hydrogens (tertiary/aromatic N) is 4. The minimum absolute atomic E-state index is 0.0340. The summed E-state index contributed by atoms with van der Waals surface area (Å²) in [5.41, 5.74) is 4.10. The first-order chi connectivity index (χ1) is 14.8. The van der Waals surface area contributed by atoms with Crippen LogP contribution in [-0.2, 0) is 10.0 Å². The van der Waals surface area contributed by atoms with Gasteiger partial charge in [-0.1, -0.05) is 18.2 Å². The lowest BCUT2D eigenvalue weighted by Crippen LogP contribution is -2.37. The molecule has 1 aromatic carbocycles. The number of carbonyl (C=O) groups is 1. The molecule has 0 bridgehead atoms. The van der Waals surface area contributed by atoms with Gasteiger partial charge in [0.25, 0.3) is 15.9 Å². The summed E-state index contributed by atoms with van der Waals surface area (Å²) in [7, 11) is -3.76. The number of hydrogen-bond donors (Lipinski definition) is 0. The minimum Gasteiger partial charge on any atom is -0.354 e. The molecule has 2 aliphatic heterocycles. The first-order valence-corrected chi connectivity index (χ1v) is 11.8. The fraction of sp³-hybridized carbons (Fsp3) is 0.348. The van der Waals surface area contributed by atoms with Gasteiger partial charge in [-0.2, -0.15) is 8.42 Å². The highest BCUT2D eigenvalue weighted by atomic mass is 32.2. The second-order valence-corrected chi connectivity index (χ2v) is 9.55. The van der Waals surface area contributed by atoms with Crippen molar-refractivity contribution >= 4 is 26.7 Å². The maximum Gasteiger partial charge on any atom is 0.285 e. The molecule has 31 heavy (non-hydrogen) atoms. The Morgan fingerprint density at radius 2 is 1.68 bits per heavy atom. The average molecular weight is 439 g/mol. The molecule has 162 valence electrons. The standard InChI is InChI=1S/C23H26N4O3S/c1-16-5-6-20(15-17(16)2)21-18(3)22(25-31(21,29)30)26-11-4-12-27(14-13-26)23(28)19-7-9-24-10-8-19/h5-10,15H,4,11-14H2,1-3H3.